The molecule has 0 saturated heterocycles. The standard InChI is InChI=1S/C37H35ClF5N7O5/c1-34(2,3)20-36(24-10-7-21(8-11-24)23-17-45-49(18-23)30(39)40)29(51)50(31(47-36)46-32(52)53)28(19-55-33(54)48-35(13-14-35)37(41,42)43)22-9-12-26(38)25(16-22)27-6-4-5-15-44-27/h4-12,15-18,28,30H,13-14,19-20H2,1-3H3,(H,46,47)(H,48,54)(H,52,53)/t28-,36?/m1/s1. The summed E-state index contributed by atoms with van der Waals surface area (Å²) < 4.78 is 73.5. The van der Waals surface area contributed by atoms with E-state index >= 15 is 4.79 Å². The Hall–Kier alpha value is -5.58. The lowest BCUT2D eigenvalue weighted by Gasteiger charge is -2.35. The first-order valence-corrected chi connectivity index (χ1v) is 17.3. The molecule has 1 fully saturated rings. The molecule has 1 saturated carbocycles. The minimum absolute atomic E-state index is 0.0186. The number of alkyl halides is 5. The number of aliphatic imine (C=N–C) groups is 1. The number of nitrogens with one attached hydrogen (secondary N) is 2. The Morgan fingerprint density at radius 3 is 2.31 bits per heavy atom. The van der Waals surface area contributed by atoms with Crippen molar-refractivity contribution in [1.82, 2.24) is 30.3 Å². The molecular weight excluding hydrogens is 753 g/mol. The fourth-order valence-electron chi connectivity index (χ4n) is 6.53. The number of aromatic nitrogens is 3. The summed E-state index contributed by atoms with van der Waals surface area (Å²) in [7, 11) is 0. The number of guanidine groups is 1. The molecule has 0 spiro atoms. The monoisotopic (exact) mass is 787 g/mol. The van der Waals surface area contributed by atoms with Gasteiger partial charge in [-0.05, 0) is 65.6 Å². The highest BCUT2D eigenvalue weighted by Gasteiger charge is 2.64. The zero-order valence-corrected chi connectivity index (χ0v) is 30.3. The number of hydrogen-bond acceptors (Lipinski definition) is 7. The maximum absolute atomic E-state index is 15.1. The van der Waals surface area contributed by atoms with Gasteiger partial charge in [0.2, 0.25) is 5.96 Å². The maximum Gasteiger partial charge on any atom is 0.411 e. The van der Waals surface area contributed by atoms with E-state index in [1.165, 1.54) is 24.5 Å². The fraction of sp³-hybridized carbons (Fsp3) is 0.351. The van der Waals surface area contributed by atoms with Crippen LogP contribution in [-0.2, 0) is 15.1 Å². The molecule has 3 heterocycles. The molecule has 6 rings (SSSR count). The van der Waals surface area contributed by atoms with Gasteiger partial charge in [0.15, 0.2) is 5.54 Å². The van der Waals surface area contributed by atoms with Crippen molar-refractivity contribution >= 4 is 35.7 Å². The minimum atomic E-state index is -4.74. The van der Waals surface area contributed by atoms with E-state index in [-0.39, 0.29) is 29.8 Å². The third-order valence-corrected chi connectivity index (χ3v) is 9.56. The van der Waals surface area contributed by atoms with Crippen molar-refractivity contribution < 1.29 is 46.2 Å². The number of carbonyl (C=O) groups excluding carboxylic acids is 2. The third kappa shape index (κ3) is 8.11. The molecule has 12 nitrogen and oxygen atoms in total. The van der Waals surface area contributed by atoms with Crippen LogP contribution in [0, 0.1) is 5.41 Å². The van der Waals surface area contributed by atoms with Gasteiger partial charge in [0.25, 0.3) is 5.91 Å². The van der Waals surface area contributed by atoms with Gasteiger partial charge in [-0.2, -0.15) is 27.1 Å². The van der Waals surface area contributed by atoms with Crippen molar-refractivity contribution in [3.63, 3.8) is 0 Å². The number of amides is 3. The molecule has 1 aliphatic heterocycles. The second-order valence-corrected chi connectivity index (χ2v) is 14.9. The summed E-state index contributed by atoms with van der Waals surface area (Å²) in [5.74, 6) is -1.19. The van der Waals surface area contributed by atoms with Crippen LogP contribution in [0.4, 0.5) is 31.5 Å². The summed E-state index contributed by atoms with van der Waals surface area (Å²) in [6.45, 7) is 1.93. The van der Waals surface area contributed by atoms with Gasteiger partial charge in [-0.15, -0.1) is 0 Å². The first-order valence-electron chi connectivity index (χ1n) is 16.9. The molecule has 1 aliphatic carbocycles. The number of carboxylic acid groups (broad SMARTS) is 1. The van der Waals surface area contributed by atoms with Crippen LogP contribution in [0.15, 0.2) is 84.2 Å². The maximum atomic E-state index is 15.1. The third-order valence-electron chi connectivity index (χ3n) is 9.23. The molecule has 0 bridgehead atoms. The van der Waals surface area contributed by atoms with Crippen molar-refractivity contribution in [2.75, 3.05) is 6.61 Å². The Kier molecular flexibility index (Phi) is 10.4. The quantitative estimate of drug-likeness (QED) is 0.137. The number of halogens is 6. The summed E-state index contributed by atoms with van der Waals surface area (Å²) in [5, 5.41) is 18.0. The summed E-state index contributed by atoms with van der Waals surface area (Å²) in [5.41, 5.74) is -2.63. The number of carbonyl (C=O) groups is 3. The van der Waals surface area contributed by atoms with E-state index in [4.69, 9.17) is 21.3 Å². The molecule has 18 heteroatoms. The lowest BCUT2D eigenvalue weighted by atomic mass is 9.75. The lowest BCUT2D eigenvalue weighted by molar-refractivity contribution is -0.164. The number of benzene rings is 2. The highest BCUT2D eigenvalue weighted by atomic mass is 35.5. The summed E-state index contributed by atoms with van der Waals surface area (Å²) in [6.07, 6.45) is -4.44. The van der Waals surface area contributed by atoms with Crippen LogP contribution >= 0.6 is 11.6 Å². The van der Waals surface area contributed by atoms with E-state index in [1.807, 2.05) is 26.1 Å². The van der Waals surface area contributed by atoms with E-state index in [2.05, 4.69) is 15.4 Å². The minimum Gasteiger partial charge on any atom is -0.465 e. The van der Waals surface area contributed by atoms with Crippen LogP contribution in [0.3, 0.4) is 0 Å². The van der Waals surface area contributed by atoms with Gasteiger partial charge in [-0.3, -0.25) is 20.0 Å². The number of pyridine rings is 1. The number of alkyl carbamates (subject to hydrolysis) is 1. The normalized spacial score (nSPS) is 18.5. The Balaban J connectivity index is 1.45. The first-order chi connectivity index (χ1) is 25.8. The van der Waals surface area contributed by atoms with E-state index in [0.717, 1.165) is 11.1 Å². The van der Waals surface area contributed by atoms with Gasteiger partial charge in [0, 0.05) is 28.5 Å². The van der Waals surface area contributed by atoms with Crippen molar-refractivity contribution in [3.8, 4) is 22.4 Å². The van der Waals surface area contributed by atoms with E-state index in [0.29, 0.717) is 32.6 Å². The second kappa shape index (κ2) is 14.6. The molecular formula is C37H35ClF5N7O5. The van der Waals surface area contributed by atoms with Gasteiger partial charge in [0.05, 0.1) is 17.9 Å². The van der Waals surface area contributed by atoms with Crippen LogP contribution in [0.5, 0.6) is 0 Å². The van der Waals surface area contributed by atoms with Gasteiger partial charge in [0.1, 0.15) is 12.1 Å². The number of hydrogen-bond donors (Lipinski definition) is 3. The van der Waals surface area contributed by atoms with Crippen LogP contribution < -0.4 is 10.6 Å². The van der Waals surface area contributed by atoms with E-state index in [9.17, 15) is 36.6 Å². The number of ether oxygens (including phenoxy) is 1. The van der Waals surface area contributed by atoms with E-state index < -0.39 is 65.9 Å². The van der Waals surface area contributed by atoms with Crippen molar-refractivity contribution in [1.29, 1.82) is 0 Å². The molecule has 55 heavy (non-hydrogen) atoms. The predicted octanol–water partition coefficient (Wildman–Crippen LogP) is 8.32. The molecule has 290 valence electrons. The Morgan fingerprint density at radius 2 is 1.75 bits per heavy atom. The van der Waals surface area contributed by atoms with Gasteiger partial charge >= 0.3 is 24.9 Å². The summed E-state index contributed by atoms with van der Waals surface area (Å²) >= 11 is 6.56. The SMILES string of the molecule is CC(C)(C)CC1(c2ccc(-c3cnn(C(F)F)c3)cc2)N=C(NC(=O)O)N([C@H](COC(=O)NC2(C(F)(F)F)CC2)c2ccc(Cl)c(-c3ccccn3)c2)C1=O. The van der Waals surface area contributed by atoms with Crippen LogP contribution in [0.1, 0.15) is 63.8 Å². The molecule has 0 radical (unpaired) electrons. The second-order valence-electron chi connectivity index (χ2n) is 14.5. The highest BCUT2D eigenvalue weighted by Crippen LogP contribution is 2.49. The lowest BCUT2D eigenvalue weighted by Crippen LogP contribution is -2.51. The van der Waals surface area contributed by atoms with Gasteiger partial charge in [-0.1, -0.05) is 68.8 Å². The average Bonchev–Trinajstić information content (AvgIpc) is 3.65. The first kappa shape index (κ1) is 39.1. The van der Waals surface area contributed by atoms with E-state index in [1.54, 1.807) is 48.5 Å². The largest absolute Gasteiger partial charge is 0.465 e. The van der Waals surface area contributed by atoms with Crippen molar-refractivity contribution in [2.45, 2.75) is 69.9 Å². The molecule has 2 aromatic heterocycles. The van der Waals surface area contributed by atoms with Crippen molar-refractivity contribution in [3.05, 3.63) is 95.4 Å². The average molecular weight is 788 g/mol. The number of nitrogens with zero attached hydrogens (tertiary/aromatic N) is 5. The Bertz CT molecular complexity index is 2120. The molecule has 4 aromatic rings. The molecule has 1 unspecified atom stereocenters. The number of rotatable bonds is 10. The summed E-state index contributed by atoms with van der Waals surface area (Å²) in [4.78, 5) is 50.4. The van der Waals surface area contributed by atoms with Crippen LogP contribution in [0.2, 0.25) is 5.02 Å². The Morgan fingerprint density at radius 1 is 1.04 bits per heavy atom. The molecule has 2 atom stereocenters. The highest BCUT2D eigenvalue weighted by molar-refractivity contribution is 6.33. The van der Waals surface area contributed by atoms with Crippen molar-refractivity contribution in [2.24, 2.45) is 10.4 Å². The molecule has 3 N–H and O–H groups in total. The van der Waals surface area contributed by atoms with Gasteiger partial charge < -0.3 is 15.2 Å². The van der Waals surface area contributed by atoms with Crippen LogP contribution in [0.25, 0.3) is 22.4 Å². The summed E-state index contributed by atoms with van der Waals surface area (Å²) in [6, 6.07) is 14.6. The Labute approximate surface area is 316 Å². The predicted molar refractivity (Wildman–Crippen MR) is 190 cm³/mol. The zero-order valence-electron chi connectivity index (χ0n) is 29.6. The molecule has 2 aromatic carbocycles. The topological polar surface area (TPSA) is 151 Å². The fourth-order valence-corrected chi connectivity index (χ4v) is 6.75. The smallest absolute Gasteiger partial charge is 0.411 e. The molecule has 2 aliphatic rings. The molecule has 3 amide bonds. The van der Waals surface area contributed by atoms with Gasteiger partial charge in [-0.25, -0.2) is 19.3 Å². The van der Waals surface area contributed by atoms with Crippen LogP contribution in [-0.4, -0.2) is 67.1 Å². The zero-order chi connectivity index (χ0) is 39.9.